The molecule has 1 aromatic heterocycles. The number of benzene rings is 3. The molecule has 0 N–H and O–H groups in total. The minimum absolute atomic E-state index is 0.0588. The summed E-state index contributed by atoms with van der Waals surface area (Å²) in [5.74, 6) is 1.27. The lowest BCUT2D eigenvalue weighted by Crippen LogP contribution is -1.93. The van der Waals surface area contributed by atoms with E-state index < -0.39 is 0 Å². The number of hydrogen-bond donors (Lipinski definition) is 0. The molecule has 0 unspecified atom stereocenters. The van der Waals surface area contributed by atoms with Crippen molar-refractivity contribution >= 4 is 34.2 Å². The number of allylic oxidation sites excluding steroid dienone is 1. The van der Waals surface area contributed by atoms with Gasteiger partial charge in [0.2, 0.25) is 0 Å². The molecule has 0 atom stereocenters. The van der Waals surface area contributed by atoms with Crippen LogP contribution in [0.4, 0.5) is 0 Å². The predicted molar refractivity (Wildman–Crippen MR) is 106 cm³/mol. The van der Waals surface area contributed by atoms with E-state index in [-0.39, 0.29) is 5.78 Å². The third-order valence-electron chi connectivity index (χ3n) is 4.17. The van der Waals surface area contributed by atoms with Gasteiger partial charge in [-0.05, 0) is 53.3 Å². The highest BCUT2D eigenvalue weighted by Gasteiger charge is 2.06. The Hall–Kier alpha value is -3.10. The van der Waals surface area contributed by atoms with Crippen molar-refractivity contribution in [2.75, 3.05) is 0 Å². The molecule has 1 heterocycles. The van der Waals surface area contributed by atoms with Crippen LogP contribution in [0.5, 0.6) is 0 Å². The summed E-state index contributed by atoms with van der Waals surface area (Å²) < 4.78 is 5.78. The second kappa shape index (κ2) is 7.03. The number of rotatable bonds is 4. The molecular weight excluding hydrogens is 344 g/mol. The highest BCUT2D eigenvalue weighted by molar-refractivity contribution is 6.30. The number of hydrogen-bond acceptors (Lipinski definition) is 2. The molecule has 3 heteroatoms. The van der Waals surface area contributed by atoms with Gasteiger partial charge in [0.05, 0.1) is 0 Å². The maximum absolute atomic E-state index is 12.4. The van der Waals surface area contributed by atoms with Crippen molar-refractivity contribution in [3.8, 4) is 11.3 Å². The zero-order valence-corrected chi connectivity index (χ0v) is 14.6. The topological polar surface area (TPSA) is 30.2 Å². The fourth-order valence-corrected chi connectivity index (χ4v) is 3.03. The Morgan fingerprint density at radius 2 is 1.69 bits per heavy atom. The fourth-order valence-electron chi connectivity index (χ4n) is 2.84. The number of carbonyl (C=O) groups excluding carboxylic acids is 1. The third kappa shape index (κ3) is 3.46. The van der Waals surface area contributed by atoms with Crippen LogP contribution in [0.2, 0.25) is 5.02 Å². The van der Waals surface area contributed by atoms with Crippen LogP contribution in [0.3, 0.4) is 0 Å². The van der Waals surface area contributed by atoms with Crippen LogP contribution in [-0.4, -0.2) is 5.78 Å². The molecule has 26 heavy (non-hydrogen) atoms. The first kappa shape index (κ1) is 16.4. The molecule has 0 amide bonds. The van der Waals surface area contributed by atoms with E-state index in [2.05, 4.69) is 0 Å². The van der Waals surface area contributed by atoms with Crippen molar-refractivity contribution in [1.29, 1.82) is 0 Å². The van der Waals surface area contributed by atoms with Crippen LogP contribution in [0.25, 0.3) is 28.2 Å². The minimum atomic E-state index is -0.0588. The summed E-state index contributed by atoms with van der Waals surface area (Å²) in [5, 5.41) is 2.82. The van der Waals surface area contributed by atoms with Crippen LogP contribution in [0, 0.1) is 0 Å². The van der Waals surface area contributed by atoms with Gasteiger partial charge in [0.15, 0.2) is 5.78 Å². The van der Waals surface area contributed by atoms with Gasteiger partial charge in [-0.1, -0.05) is 60.1 Å². The highest BCUT2D eigenvalue weighted by Crippen LogP contribution is 2.25. The zero-order valence-electron chi connectivity index (χ0n) is 13.9. The quantitative estimate of drug-likeness (QED) is 0.302. The van der Waals surface area contributed by atoms with E-state index in [1.807, 2.05) is 78.9 Å². The first-order chi connectivity index (χ1) is 12.7. The average Bonchev–Trinajstić information content (AvgIpc) is 3.15. The SMILES string of the molecule is O=C(C=Cc1ccc(-c2cccc(Cl)c2)o1)c1ccc2ccccc2c1. The summed E-state index contributed by atoms with van der Waals surface area (Å²) in [4.78, 5) is 12.4. The van der Waals surface area contributed by atoms with Crippen molar-refractivity contribution in [1.82, 2.24) is 0 Å². The van der Waals surface area contributed by atoms with Gasteiger partial charge >= 0.3 is 0 Å². The molecule has 0 saturated heterocycles. The van der Waals surface area contributed by atoms with E-state index in [1.54, 1.807) is 6.08 Å². The molecule has 4 aromatic rings. The van der Waals surface area contributed by atoms with E-state index in [4.69, 9.17) is 16.0 Å². The first-order valence-electron chi connectivity index (χ1n) is 8.26. The van der Waals surface area contributed by atoms with Crippen molar-refractivity contribution < 1.29 is 9.21 Å². The van der Waals surface area contributed by atoms with Crippen molar-refractivity contribution in [2.45, 2.75) is 0 Å². The molecule has 4 rings (SSSR count). The van der Waals surface area contributed by atoms with Gasteiger partial charge in [-0.25, -0.2) is 0 Å². The number of halogens is 1. The van der Waals surface area contributed by atoms with E-state index in [9.17, 15) is 4.79 Å². The highest BCUT2D eigenvalue weighted by atomic mass is 35.5. The summed E-state index contributed by atoms with van der Waals surface area (Å²) in [6, 6.07) is 24.8. The lowest BCUT2D eigenvalue weighted by Gasteiger charge is -2.00. The largest absolute Gasteiger partial charge is 0.457 e. The number of carbonyl (C=O) groups is 1. The smallest absolute Gasteiger partial charge is 0.185 e. The summed E-state index contributed by atoms with van der Waals surface area (Å²) in [7, 11) is 0. The molecule has 0 aliphatic rings. The van der Waals surface area contributed by atoms with Crippen molar-refractivity contribution in [3.63, 3.8) is 0 Å². The minimum Gasteiger partial charge on any atom is -0.457 e. The standard InChI is InChI=1S/C23H15ClO2/c24-20-7-3-6-19(15-20)23-13-11-21(26-23)10-12-22(25)18-9-8-16-4-1-2-5-17(16)14-18/h1-15H. The van der Waals surface area contributed by atoms with E-state index in [0.29, 0.717) is 22.1 Å². The lowest BCUT2D eigenvalue weighted by molar-refractivity contribution is 0.104. The number of fused-ring (bicyclic) bond motifs is 1. The Kier molecular flexibility index (Phi) is 4.42. The number of ketones is 1. The van der Waals surface area contributed by atoms with Crippen LogP contribution < -0.4 is 0 Å². The summed E-state index contributed by atoms with van der Waals surface area (Å²) >= 11 is 6.01. The molecule has 0 aliphatic carbocycles. The first-order valence-corrected chi connectivity index (χ1v) is 8.64. The van der Waals surface area contributed by atoms with Gasteiger partial charge in [-0.15, -0.1) is 0 Å². The van der Waals surface area contributed by atoms with Crippen LogP contribution in [0.1, 0.15) is 16.1 Å². The molecule has 0 spiro atoms. The normalized spacial score (nSPS) is 11.3. The average molecular weight is 359 g/mol. The monoisotopic (exact) mass is 358 g/mol. The molecular formula is C23H15ClO2. The van der Waals surface area contributed by atoms with Crippen LogP contribution in [-0.2, 0) is 0 Å². The van der Waals surface area contributed by atoms with Gasteiger partial charge in [0.1, 0.15) is 11.5 Å². The Balaban J connectivity index is 1.54. The summed E-state index contributed by atoms with van der Waals surface area (Å²) in [6.45, 7) is 0. The summed E-state index contributed by atoms with van der Waals surface area (Å²) in [6.07, 6.45) is 3.22. The Bertz CT molecular complexity index is 1120. The van der Waals surface area contributed by atoms with Gasteiger partial charge < -0.3 is 4.42 Å². The van der Waals surface area contributed by atoms with Gasteiger partial charge in [0.25, 0.3) is 0 Å². The van der Waals surface area contributed by atoms with Gasteiger partial charge in [-0.2, -0.15) is 0 Å². The lowest BCUT2D eigenvalue weighted by atomic mass is 10.0. The molecule has 0 saturated carbocycles. The molecule has 0 bridgehead atoms. The van der Waals surface area contributed by atoms with Gasteiger partial charge in [-0.3, -0.25) is 4.79 Å². The Morgan fingerprint density at radius 1 is 0.846 bits per heavy atom. The van der Waals surface area contributed by atoms with Crippen molar-refractivity contribution in [3.05, 3.63) is 101 Å². The Morgan fingerprint density at radius 3 is 2.54 bits per heavy atom. The van der Waals surface area contributed by atoms with Crippen LogP contribution >= 0.6 is 11.6 Å². The molecule has 126 valence electrons. The van der Waals surface area contributed by atoms with E-state index >= 15 is 0 Å². The van der Waals surface area contributed by atoms with E-state index in [1.165, 1.54) is 6.08 Å². The second-order valence-electron chi connectivity index (χ2n) is 5.97. The van der Waals surface area contributed by atoms with E-state index in [0.717, 1.165) is 16.3 Å². The van der Waals surface area contributed by atoms with Gasteiger partial charge in [0, 0.05) is 16.1 Å². The van der Waals surface area contributed by atoms with Crippen molar-refractivity contribution in [2.24, 2.45) is 0 Å². The molecule has 0 fully saturated rings. The maximum Gasteiger partial charge on any atom is 0.185 e. The third-order valence-corrected chi connectivity index (χ3v) is 4.40. The fraction of sp³-hybridized carbons (Fsp3) is 0. The molecule has 2 nitrogen and oxygen atoms in total. The number of furan rings is 1. The summed E-state index contributed by atoms with van der Waals surface area (Å²) in [5.41, 5.74) is 1.56. The molecule has 0 aliphatic heterocycles. The zero-order chi connectivity index (χ0) is 17.9. The molecule has 0 radical (unpaired) electrons. The molecule has 3 aromatic carbocycles. The maximum atomic E-state index is 12.4. The predicted octanol–water partition coefficient (Wildman–Crippen LogP) is 6.65. The Labute approximate surface area is 156 Å². The second-order valence-corrected chi connectivity index (χ2v) is 6.41. The van der Waals surface area contributed by atoms with Crippen LogP contribution in [0.15, 0.2) is 89.4 Å².